The maximum Gasteiger partial charge on any atom is 0.333 e. The van der Waals surface area contributed by atoms with E-state index in [0.29, 0.717) is 23.3 Å². The number of hydrogen-bond donors (Lipinski definition) is 0. The van der Waals surface area contributed by atoms with Gasteiger partial charge in [-0.3, -0.25) is 9.59 Å². The number of hydrogen-bond acceptors (Lipinski definition) is 7. The highest BCUT2D eigenvalue weighted by atomic mass is 16.6. The van der Waals surface area contributed by atoms with Crippen molar-refractivity contribution in [3.63, 3.8) is 0 Å². The molecule has 0 aliphatic carbocycles. The Morgan fingerprint density at radius 1 is 1.43 bits per heavy atom. The molecule has 28 heavy (non-hydrogen) atoms. The third kappa shape index (κ3) is 3.51. The van der Waals surface area contributed by atoms with Crippen LogP contribution in [0.3, 0.4) is 0 Å². The Labute approximate surface area is 164 Å². The zero-order chi connectivity index (χ0) is 20.6. The fourth-order valence-corrected chi connectivity index (χ4v) is 4.01. The van der Waals surface area contributed by atoms with Gasteiger partial charge in [-0.1, -0.05) is 12.7 Å². The summed E-state index contributed by atoms with van der Waals surface area (Å²) in [5, 5.41) is 0. The molecule has 2 bridgehead atoms. The van der Waals surface area contributed by atoms with Crippen molar-refractivity contribution in [3.05, 3.63) is 35.6 Å². The van der Waals surface area contributed by atoms with Gasteiger partial charge in [0.25, 0.3) is 0 Å². The zero-order valence-corrected chi connectivity index (χ0v) is 16.7. The van der Waals surface area contributed by atoms with E-state index < -0.39 is 41.6 Å². The molecule has 0 radical (unpaired) electrons. The normalized spacial score (nSPS) is 35.2. The highest BCUT2D eigenvalue weighted by Gasteiger charge is 2.55. The van der Waals surface area contributed by atoms with Gasteiger partial charge >= 0.3 is 11.9 Å². The van der Waals surface area contributed by atoms with Gasteiger partial charge < -0.3 is 18.9 Å². The summed E-state index contributed by atoms with van der Waals surface area (Å²) in [7, 11) is 1.50. The molecule has 7 nitrogen and oxygen atoms in total. The summed E-state index contributed by atoms with van der Waals surface area (Å²) in [4.78, 5) is 37.6. The second kappa shape index (κ2) is 7.54. The van der Waals surface area contributed by atoms with E-state index in [2.05, 4.69) is 6.58 Å². The molecule has 5 atom stereocenters. The second-order valence-electron chi connectivity index (χ2n) is 7.75. The van der Waals surface area contributed by atoms with E-state index in [1.54, 1.807) is 26.8 Å². The van der Waals surface area contributed by atoms with Gasteiger partial charge in [0, 0.05) is 37.5 Å². The van der Waals surface area contributed by atoms with Crippen molar-refractivity contribution in [2.75, 3.05) is 13.7 Å². The van der Waals surface area contributed by atoms with E-state index in [9.17, 15) is 14.4 Å². The number of ketones is 1. The summed E-state index contributed by atoms with van der Waals surface area (Å²) in [5.74, 6) is -1.77. The standard InChI is InChI=1S/C21H26O7/c1-6-11(2)19(23)27-16-9-21(4)17(22)8-14(28-21)12(3)7-15-18(16)13(10-25-5)20(24)26-15/h6,8,13,15-16,18H,3,7,9-10H2,1-2,4-5H3/b11-6-/t13-,15+,16+,18-,21-/m1/s1. The first-order valence-electron chi connectivity index (χ1n) is 9.36. The number of methoxy groups -OCH3 is 1. The molecule has 0 aromatic carbocycles. The predicted molar refractivity (Wildman–Crippen MR) is 99.0 cm³/mol. The van der Waals surface area contributed by atoms with E-state index >= 15 is 0 Å². The molecule has 2 fully saturated rings. The Morgan fingerprint density at radius 3 is 2.79 bits per heavy atom. The van der Waals surface area contributed by atoms with Gasteiger partial charge in [-0.15, -0.1) is 0 Å². The van der Waals surface area contributed by atoms with E-state index in [-0.39, 0.29) is 18.8 Å². The van der Waals surface area contributed by atoms with Crippen molar-refractivity contribution in [1.82, 2.24) is 0 Å². The van der Waals surface area contributed by atoms with Crippen LogP contribution in [0.5, 0.6) is 0 Å². The SMILES string of the molecule is C=C1C[C@@H]2OC(=O)[C@H](COC)[C@H]2[C@@H](OC(=O)/C(C)=C\C)C[C@@]2(C)OC1=CC2=O. The predicted octanol–water partition coefficient (Wildman–Crippen LogP) is 2.26. The number of ether oxygens (including phenoxy) is 4. The third-order valence-corrected chi connectivity index (χ3v) is 5.76. The van der Waals surface area contributed by atoms with E-state index in [1.807, 2.05) is 0 Å². The van der Waals surface area contributed by atoms with Crippen LogP contribution >= 0.6 is 0 Å². The highest BCUT2D eigenvalue weighted by molar-refractivity contribution is 6.00. The second-order valence-corrected chi connectivity index (χ2v) is 7.75. The van der Waals surface area contributed by atoms with Gasteiger partial charge in [0.15, 0.2) is 5.60 Å². The van der Waals surface area contributed by atoms with Crippen molar-refractivity contribution >= 4 is 17.7 Å². The zero-order valence-electron chi connectivity index (χ0n) is 16.7. The van der Waals surface area contributed by atoms with E-state index in [0.717, 1.165) is 0 Å². The van der Waals surface area contributed by atoms with Crippen molar-refractivity contribution in [2.45, 2.75) is 51.4 Å². The summed E-state index contributed by atoms with van der Waals surface area (Å²) in [6, 6.07) is 0. The average Bonchev–Trinajstić information content (AvgIpc) is 3.11. The van der Waals surface area contributed by atoms with Crippen LogP contribution in [0.4, 0.5) is 0 Å². The van der Waals surface area contributed by atoms with Crippen LogP contribution in [-0.2, 0) is 33.3 Å². The first-order chi connectivity index (χ1) is 13.2. The fourth-order valence-electron chi connectivity index (χ4n) is 4.01. The van der Waals surface area contributed by atoms with Crippen LogP contribution in [-0.4, -0.2) is 49.2 Å². The number of rotatable bonds is 4. The monoisotopic (exact) mass is 390 g/mol. The Bertz CT molecular complexity index is 778. The molecule has 3 heterocycles. The molecule has 0 spiro atoms. The summed E-state index contributed by atoms with van der Waals surface area (Å²) < 4.78 is 22.5. The first-order valence-corrected chi connectivity index (χ1v) is 9.36. The molecule has 3 aliphatic rings. The minimum absolute atomic E-state index is 0.111. The van der Waals surface area contributed by atoms with Gasteiger partial charge in [0.2, 0.25) is 5.78 Å². The van der Waals surface area contributed by atoms with Crippen LogP contribution in [0.25, 0.3) is 0 Å². The maximum atomic E-state index is 12.6. The Balaban J connectivity index is 2.03. The van der Waals surface area contributed by atoms with Crippen LogP contribution in [0.1, 0.15) is 33.6 Å². The molecular weight excluding hydrogens is 364 g/mol. The summed E-state index contributed by atoms with van der Waals surface area (Å²) >= 11 is 0. The molecular formula is C21H26O7. The van der Waals surface area contributed by atoms with Gasteiger partial charge in [-0.2, -0.15) is 0 Å². The molecule has 152 valence electrons. The van der Waals surface area contributed by atoms with Gasteiger partial charge in [0.1, 0.15) is 18.0 Å². The number of carbonyl (C=O) groups is 3. The van der Waals surface area contributed by atoms with Crippen molar-refractivity contribution in [1.29, 1.82) is 0 Å². The van der Waals surface area contributed by atoms with E-state index in [4.69, 9.17) is 18.9 Å². The molecule has 3 aliphatic heterocycles. The minimum Gasteiger partial charge on any atom is -0.479 e. The Kier molecular flexibility index (Phi) is 5.48. The minimum atomic E-state index is -1.19. The average molecular weight is 390 g/mol. The molecule has 0 saturated carbocycles. The fraction of sp³-hybridized carbons (Fsp3) is 0.571. The molecule has 0 unspecified atom stereocenters. The first kappa shape index (κ1) is 20.3. The number of fused-ring (bicyclic) bond motifs is 3. The summed E-state index contributed by atoms with van der Waals surface area (Å²) in [6.07, 6.45) is 2.18. The lowest BCUT2D eigenvalue weighted by Gasteiger charge is -2.33. The van der Waals surface area contributed by atoms with Gasteiger partial charge in [-0.25, -0.2) is 4.79 Å². The lowest BCUT2D eigenvalue weighted by atomic mass is 9.78. The molecule has 0 amide bonds. The smallest absolute Gasteiger partial charge is 0.333 e. The van der Waals surface area contributed by atoms with Crippen LogP contribution in [0, 0.1) is 11.8 Å². The molecule has 0 aromatic rings. The van der Waals surface area contributed by atoms with E-state index in [1.165, 1.54) is 13.2 Å². The van der Waals surface area contributed by atoms with Crippen LogP contribution in [0.2, 0.25) is 0 Å². The summed E-state index contributed by atoms with van der Waals surface area (Å²) in [6.45, 7) is 9.19. The van der Waals surface area contributed by atoms with Gasteiger partial charge in [0.05, 0.1) is 12.5 Å². The Hall–Kier alpha value is -2.41. The lowest BCUT2D eigenvalue weighted by molar-refractivity contribution is -0.155. The molecule has 7 heteroatoms. The van der Waals surface area contributed by atoms with Crippen molar-refractivity contribution in [2.24, 2.45) is 11.8 Å². The van der Waals surface area contributed by atoms with Gasteiger partial charge in [-0.05, 0) is 26.3 Å². The van der Waals surface area contributed by atoms with Crippen LogP contribution < -0.4 is 0 Å². The van der Waals surface area contributed by atoms with Crippen LogP contribution in [0.15, 0.2) is 35.6 Å². The number of carbonyl (C=O) groups excluding carboxylic acids is 3. The lowest BCUT2D eigenvalue weighted by Crippen LogP contribution is -2.45. The number of esters is 2. The maximum absolute atomic E-state index is 12.6. The molecule has 2 saturated heterocycles. The van der Waals surface area contributed by atoms with Crippen molar-refractivity contribution in [3.8, 4) is 0 Å². The quantitative estimate of drug-likeness (QED) is 0.537. The third-order valence-electron chi connectivity index (χ3n) is 5.76. The highest BCUT2D eigenvalue weighted by Crippen LogP contribution is 2.44. The topological polar surface area (TPSA) is 88.1 Å². The summed E-state index contributed by atoms with van der Waals surface area (Å²) in [5.41, 5.74) is -0.169. The molecule has 3 rings (SSSR count). The molecule has 0 N–H and O–H groups in total. The number of allylic oxidation sites excluding steroid dienone is 2. The molecule has 0 aromatic heterocycles. The van der Waals surface area contributed by atoms with Crippen molar-refractivity contribution < 1.29 is 33.3 Å². The largest absolute Gasteiger partial charge is 0.479 e. The Morgan fingerprint density at radius 2 is 2.14 bits per heavy atom.